The van der Waals surface area contributed by atoms with E-state index >= 15 is 0 Å². The third kappa shape index (κ3) is 3.30. The summed E-state index contributed by atoms with van der Waals surface area (Å²) in [4.78, 5) is 2.66. The lowest BCUT2D eigenvalue weighted by Gasteiger charge is -2.60. The maximum absolute atomic E-state index is 6.00. The van der Waals surface area contributed by atoms with Gasteiger partial charge in [-0.25, -0.2) is 0 Å². The molecule has 1 aliphatic carbocycles. The molecule has 0 radical (unpaired) electrons. The molecule has 4 unspecified atom stereocenters. The van der Waals surface area contributed by atoms with Crippen molar-refractivity contribution in [1.29, 1.82) is 0 Å². The van der Waals surface area contributed by atoms with E-state index in [4.69, 9.17) is 4.74 Å². The Bertz CT molecular complexity index is 338. The molecular formula is C18H34N2O. The number of nitrogens with one attached hydrogen (secondary N) is 1. The summed E-state index contributed by atoms with van der Waals surface area (Å²) < 4.78 is 6.00. The highest BCUT2D eigenvalue weighted by atomic mass is 16.5. The molecule has 0 aromatic heterocycles. The predicted octanol–water partition coefficient (Wildman–Crippen LogP) is 2.90. The molecule has 3 aliphatic rings. The van der Waals surface area contributed by atoms with Gasteiger partial charge in [0.2, 0.25) is 0 Å². The molecule has 2 heterocycles. The Balaban J connectivity index is 1.43. The Morgan fingerprint density at radius 1 is 1.19 bits per heavy atom. The van der Waals surface area contributed by atoms with Crippen LogP contribution >= 0.6 is 0 Å². The van der Waals surface area contributed by atoms with Gasteiger partial charge in [-0.3, -0.25) is 0 Å². The zero-order valence-corrected chi connectivity index (χ0v) is 14.2. The molecule has 2 saturated heterocycles. The standard InChI is InChI=1S/C18H34N2O/c1-14(13-20-9-5-4-6-10-20)12-19-16-15-8-7-11-21-17(15)18(16,2)3/h14-17,19H,4-13H2,1-3H3. The summed E-state index contributed by atoms with van der Waals surface area (Å²) in [5.74, 6) is 1.51. The van der Waals surface area contributed by atoms with Crippen molar-refractivity contribution in [3.8, 4) is 0 Å². The largest absolute Gasteiger partial charge is 0.377 e. The molecule has 21 heavy (non-hydrogen) atoms. The first-order valence-corrected chi connectivity index (χ1v) is 9.16. The van der Waals surface area contributed by atoms with Crippen molar-refractivity contribution in [2.45, 2.75) is 65.0 Å². The van der Waals surface area contributed by atoms with E-state index in [9.17, 15) is 0 Å². The maximum Gasteiger partial charge on any atom is 0.0684 e. The van der Waals surface area contributed by atoms with Crippen LogP contribution in [0.4, 0.5) is 0 Å². The van der Waals surface area contributed by atoms with Crippen molar-refractivity contribution >= 4 is 0 Å². The highest BCUT2D eigenvalue weighted by molar-refractivity contribution is 5.10. The van der Waals surface area contributed by atoms with Gasteiger partial charge in [0.25, 0.3) is 0 Å². The lowest BCUT2D eigenvalue weighted by molar-refractivity contribution is -0.192. The van der Waals surface area contributed by atoms with Crippen LogP contribution in [0.5, 0.6) is 0 Å². The highest BCUT2D eigenvalue weighted by Crippen LogP contribution is 2.51. The third-order valence-electron chi connectivity index (χ3n) is 6.04. The molecule has 2 aliphatic heterocycles. The first kappa shape index (κ1) is 15.8. The number of fused-ring (bicyclic) bond motifs is 1. The Labute approximate surface area is 130 Å². The monoisotopic (exact) mass is 294 g/mol. The second-order valence-electron chi connectivity index (χ2n) is 8.27. The highest BCUT2D eigenvalue weighted by Gasteiger charge is 2.57. The van der Waals surface area contributed by atoms with Crippen molar-refractivity contribution in [1.82, 2.24) is 10.2 Å². The SMILES string of the molecule is CC(CNC1C2CCCOC2C1(C)C)CN1CCCCC1. The molecule has 0 aromatic carbocycles. The van der Waals surface area contributed by atoms with Crippen molar-refractivity contribution < 1.29 is 4.74 Å². The zero-order valence-electron chi connectivity index (χ0n) is 14.2. The summed E-state index contributed by atoms with van der Waals surface area (Å²) in [5.41, 5.74) is 0.315. The van der Waals surface area contributed by atoms with Crippen LogP contribution in [0.3, 0.4) is 0 Å². The lowest BCUT2D eigenvalue weighted by Crippen LogP contribution is -2.69. The van der Waals surface area contributed by atoms with Crippen LogP contribution in [0.2, 0.25) is 0 Å². The molecule has 122 valence electrons. The average molecular weight is 294 g/mol. The van der Waals surface area contributed by atoms with E-state index in [1.165, 1.54) is 51.7 Å². The molecule has 0 bridgehead atoms. The first-order valence-electron chi connectivity index (χ1n) is 9.16. The number of hydrogen-bond acceptors (Lipinski definition) is 3. The summed E-state index contributed by atoms with van der Waals surface area (Å²) in [6.45, 7) is 13.2. The third-order valence-corrected chi connectivity index (χ3v) is 6.04. The number of nitrogens with zero attached hydrogens (tertiary/aromatic N) is 1. The van der Waals surface area contributed by atoms with E-state index in [0.717, 1.165) is 25.0 Å². The van der Waals surface area contributed by atoms with E-state index in [1.807, 2.05) is 0 Å². The van der Waals surface area contributed by atoms with E-state index < -0.39 is 0 Å². The van der Waals surface area contributed by atoms with Crippen LogP contribution in [0.25, 0.3) is 0 Å². The van der Waals surface area contributed by atoms with Gasteiger partial charge in [0.05, 0.1) is 6.10 Å². The fourth-order valence-corrected chi connectivity index (χ4v) is 4.91. The lowest BCUT2D eigenvalue weighted by atomic mass is 9.55. The van der Waals surface area contributed by atoms with E-state index in [2.05, 4.69) is 31.0 Å². The fraction of sp³-hybridized carbons (Fsp3) is 1.00. The van der Waals surface area contributed by atoms with Gasteiger partial charge in [-0.2, -0.15) is 0 Å². The summed E-state index contributed by atoms with van der Waals surface area (Å²) in [6, 6.07) is 0.659. The van der Waals surface area contributed by atoms with Crippen LogP contribution in [-0.2, 0) is 4.74 Å². The minimum atomic E-state index is 0.315. The normalized spacial score (nSPS) is 37.6. The van der Waals surface area contributed by atoms with Crippen LogP contribution in [-0.4, -0.2) is 49.8 Å². The average Bonchev–Trinajstić information content (AvgIpc) is 2.48. The van der Waals surface area contributed by atoms with Gasteiger partial charge in [0.15, 0.2) is 0 Å². The molecule has 3 rings (SSSR count). The number of likely N-dealkylation sites (tertiary alicyclic amines) is 1. The van der Waals surface area contributed by atoms with Gasteiger partial charge < -0.3 is 15.0 Å². The van der Waals surface area contributed by atoms with Crippen LogP contribution < -0.4 is 5.32 Å². The maximum atomic E-state index is 6.00. The van der Waals surface area contributed by atoms with Crippen molar-refractivity contribution in [2.75, 3.05) is 32.8 Å². The van der Waals surface area contributed by atoms with Gasteiger partial charge >= 0.3 is 0 Å². The molecule has 3 nitrogen and oxygen atoms in total. The number of rotatable bonds is 5. The zero-order chi connectivity index (χ0) is 14.9. The Morgan fingerprint density at radius 2 is 1.95 bits per heavy atom. The Hall–Kier alpha value is -0.120. The van der Waals surface area contributed by atoms with Gasteiger partial charge in [-0.1, -0.05) is 27.2 Å². The summed E-state index contributed by atoms with van der Waals surface area (Å²) in [7, 11) is 0. The Kier molecular flexibility index (Phi) is 4.92. The second kappa shape index (κ2) is 6.55. The smallest absolute Gasteiger partial charge is 0.0684 e. The summed E-state index contributed by atoms with van der Waals surface area (Å²) in [6.07, 6.45) is 7.34. The van der Waals surface area contributed by atoms with Gasteiger partial charge in [0.1, 0.15) is 0 Å². The minimum absolute atomic E-state index is 0.315. The molecule has 4 atom stereocenters. The molecule has 3 heteroatoms. The second-order valence-corrected chi connectivity index (χ2v) is 8.27. The van der Waals surface area contributed by atoms with E-state index in [1.54, 1.807) is 0 Å². The van der Waals surface area contributed by atoms with Gasteiger partial charge in [0, 0.05) is 30.5 Å². The van der Waals surface area contributed by atoms with E-state index in [0.29, 0.717) is 17.6 Å². The Morgan fingerprint density at radius 3 is 2.71 bits per heavy atom. The topological polar surface area (TPSA) is 24.5 Å². The molecule has 3 fully saturated rings. The number of piperidine rings is 1. The number of hydrogen-bond donors (Lipinski definition) is 1. The van der Waals surface area contributed by atoms with Crippen molar-refractivity contribution in [3.05, 3.63) is 0 Å². The molecule has 0 spiro atoms. The van der Waals surface area contributed by atoms with Crippen molar-refractivity contribution in [3.63, 3.8) is 0 Å². The van der Waals surface area contributed by atoms with Gasteiger partial charge in [-0.15, -0.1) is 0 Å². The predicted molar refractivity (Wildman–Crippen MR) is 87.5 cm³/mol. The summed E-state index contributed by atoms with van der Waals surface area (Å²) >= 11 is 0. The fourth-order valence-electron chi connectivity index (χ4n) is 4.91. The van der Waals surface area contributed by atoms with Crippen LogP contribution in [0, 0.1) is 17.3 Å². The van der Waals surface area contributed by atoms with Gasteiger partial charge in [-0.05, 0) is 51.2 Å². The minimum Gasteiger partial charge on any atom is -0.377 e. The summed E-state index contributed by atoms with van der Waals surface area (Å²) in [5, 5.41) is 3.89. The first-order chi connectivity index (χ1) is 10.1. The van der Waals surface area contributed by atoms with Crippen molar-refractivity contribution in [2.24, 2.45) is 17.3 Å². The van der Waals surface area contributed by atoms with E-state index in [-0.39, 0.29) is 0 Å². The molecule has 1 saturated carbocycles. The molecule has 1 N–H and O–H groups in total. The quantitative estimate of drug-likeness (QED) is 0.844. The number of ether oxygens (including phenoxy) is 1. The molecule has 0 aromatic rings. The van der Waals surface area contributed by atoms with Crippen LogP contribution in [0.15, 0.2) is 0 Å². The molecular weight excluding hydrogens is 260 g/mol. The van der Waals surface area contributed by atoms with Crippen LogP contribution in [0.1, 0.15) is 52.9 Å². The molecule has 0 amide bonds.